The molecule has 0 N–H and O–H groups in total. The third-order valence-corrected chi connectivity index (χ3v) is 8.82. The molecular weight excluding hydrogens is 524 g/mol. The zero-order valence-electron chi connectivity index (χ0n) is 25.1. The summed E-state index contributed by atoms with van der Waals surface area (Å²) in [5.74, 6) is 0.537. The number of carbonyl (C=O) groups excluding carboxylic acids is 1. The molecule has 0 fully saturated rings. The summed E-state index contributed by atoms with van der Waals surface area (Å²) in [6.07, 6.45) is 18.3. The van der Waals surface area contributed by atoms with Crippen molar-refractivity contribution in [2.45, 2.75) is 32.7 Å². The van der Waals surface area contributed by atoms with Crippen LogP contribution in [0.25, 0.3) is 11.3 Å². The van der Waals surface area contributed by atoms with Crippen LogP contribution in [-0.4, -0.2) is 21.9 Å². The third-order valence-electron chi connectivity index (χ3n) is 8.82. The van der Waals surface area contributed by atoms with Crippen molar-refractivity contribution < 1.29 is 4.79 Å². The van der Waals surface area contributed by atoms with E-state index in [0.717, 1.165) is 12.1 Å². The van der Waals surface area contributed by atoms with E-state index in [9.17, 15) is 4.79 Å². The Kier molecular flexibility index (Phi) is 8.70. The standard InChI is InChI=1S/C40H40N2O/c1-30-22-24-34(25-23-30)36-20-10-9-19-35(36)28-42(29-37(32-15-5-3-6-16-32)33-17-7-4-8-18-33)40(43)39-31(2)14-13-21-38(39)41-26-11-12-27-41/h3-22,24-27,30-31,37,39H,23,28-29H2,1-2H3. The van der Waals surface area contributed by atoms with Crippen molar-refractivity contribution in [1.29, 1.82) is 0 Å². The Hall–Kier alpha value is -4.63. The fourth-order valence-corrected chi connectivity index (χ4v) is 6.41. The summed E-state index contributed by atoms with van der Waals surface area (Å²) in [6.45, 7) is 5.53. The highest BCUT2D eigenvalue weighted by Gasteiger charge is 2.35. The highest BCUT2D eigenvalue weighted by atomic mass is 16.2. The summed E-state index contributed by atoms with van der Waals surface area (Å²) in [5.41, 5.74) is 7.06. The van der Waals surface area contributed by atoms with E-state index in [-0.39, 0.29) is 23.7 Å². The molecule has 2 aliphatic rings. The van der Waals surface area contributed by atoms with E-state index in [1.54, 1.807) is 0 Å². The minimum atomic E-state index is -0.286. The summed E-state index contributed by atoms with van der Waals surface area (Å²) < 4.78 is 2.10. The number of benzene rings is 3. The summed E-state index contributed by atoms with van der Waals surface area (Å²) in [4.78, 5) is 17.1. The monoisotopic (exact) mass is 564 g/mol. The number of hydrogen-bond acceptors (Lipinski definition) is 1. The lowest BCUT2D eigenvalue weighted by Crippen LogP contribution is -2.42. The number of allylic oxidation sites excluding steroid dienone is 7. The Labute approximate surface area is 256 Å². The maximum Gasteiger partial charge on any atom is 0.232 e. The van der Waals surface area contributed by atoms with Gasteiger partial charge in [0.05, 0.1) is 5.92 Å². The van der Waals surface area contributed by atoms with Gasteiger partial charge in [-0.25, -0.2) is 0 Å². The number of aromatic nitrogens is 1. The van der Waals surface area contributed by atoms with Crippen LogP contribution in [0, 0.1) is 17.8 Å². The summed E-state index contributed by atoms with van der Waals surface area (Å²) in [5, 5.41) is 0. The van der Waals surface area contributed by atoms with Crippen LogP contribution in [-0.2, 0) is 11.3 Å². The third kappa shape index (κ3) is 6.41. The average Bonchev–Trinajstić information content (AvgIpc) is 3.59. The first-order chi connectivity index (χ1) is 21.1. The summed E-state index contributed by atoms with van der Waals surface area (Å²) >= 11 is 0. The average molecular weight is 565 g/mol. The number of carbonyl (C=O) groups is 1. The minimum Gasteiger partial charge on any atom is -0.337 e. The molecule has 0 spiro atoms. The van der Waals surface area contributed by atoms with Crippen molar-refractivity contribution in [3.63, 3.8) is 0 Å². The van der Waals surface area contributed by atoms with Crippen LogP contribution < -0.4 is 0 Å². The predicted octanol–water partition coefficient (Wildman–Crippen LogP) is 8.99. The molecule has 1 aromatic heterocycles. The molecule has 0 aliphatic heterocycles. The van der Waals surface area contributed by atoms with Crippen molar-refractivity contribution in [3.8, 4) is 0 Å². The van der Waals surface area contributed by atoms with Gasteiger partial charge in [0.25, 0.3) is 0 Å². The second-order valence-electron chi connectivity index (χ2n) is 11.9. The van der Waals surface area contributed by atoms with Gasteiger partial charge in [0.15, 0.2) is 0 Å². The van der Waals surface area contributed by atoms with Crippen LogP contribution in [0.1, 0.15) is 48.4 Å². The summed E-state index contributed by atoms with van der Waals surface area (Å²) in [7, 11) is 0. The van der Waals surface area contributed by atoms with Gasteiger partial charge in [-0.05, 0) is 64.3 Å². The number of amides is 1. The molecule has 0 bridgehead atoms. The first kappa shape index (κ1) is 28.5. The molecule has 3 aromatic carbocycles. The lowest BCUT2D eigenvalue weighted by molar-refractivity contribution is -0.135. The van der Waals surface area contributed by atoms with Crippen molar-refractivity contribution in [2.75, 3.05) is 6.54 Å². The Morgan fingerprint density at radius 1 is 0.837 bits per heavy atom. The number of rotatable bonds is 9. The lowest BCUT2D eigenvalue weighted by atomic mass is 9.84. The van der Waals surface area contributed by atoms with Crippen LogP contribution in [0.15, 0.2) is 146 Å². The smallest absolute Gasteiger partial charge is 0.232 e. The normalized spacial score (nSPS) is 19.7. The van der Waals surface area contributed by atoms with Gasteiger partial charge in [-0.3, -0.25) is 4.79 Å². The lowest BCUT2D eigenvalue weighted by Gasteiger charge is -2.35. The van der Waals surface area contributed by atoms with E-state index < -0.39 is 0 Å². The molecule has 1 heterocycles. The molecule has 1 amide bonds. The maximum absolute atomic E-state index is 15.0. The van der Waals surface area contributed by atoms with Crippen LogP contribution in [0.5, 0.6) is 0 Å². The van der Waals surface area contributed by atoms with Gasteiger partial charge >= 0.3 is 0 Å². The molecule has 3 heteroatoms. The quantitative estimate of drug-likeness (QED) is 0.199. The van der Waals surface area contributed by atoms with E-state index in [2.05, 4.69) is 145 Å². The van der Waals surface area contributed by atoms with E-state index in [4.69, 9.17) is 0 Å². The molecule has 3 atom stereocenters. The van der Waals surface area contributed by atoms with Gasteiger partial charge in [0.2, 0.25) is 5.91 Å². The first-order valence-corrected chi connectivity index (χ1v) is 15.5. The topological polar surface area (TPSA) is 25.2 Å². The van der Waals surface area contributed by atoms with Crippen LogP contribution in [0.3, 0.4) is 0 Å². The second kappa shape index (κ2) is 13.1. The SMILES string of the molecule is CC1C=CC(c2ccccc2CN(CC(c2ccccc2)c2ccccc2)C(=O)C2C(n3cccc3)=CC=CC2C)=CC1. The van der Waals surface area contributed by atoms with E-state index >= 15 is 0 Å². The predicted molar refractivity (Wildman–Crippen MR) is 178 cm³/mol. The summed E-state index contributed by atoms with van der Waals surface area (Å²) in [6, 6.07) is 33.9. The van der Waals surface area contributed by atoms with Gasteiger partial charge < -0.3 is 9.47 Å². The highest BCUT2D eigenvalue weighted by Crippen LogP contribution is 2.35. The maximum atomic E-state index is 15.0. The Balaban J connectivity index is 1.42. The molecule has 3 unspecified atom stereocenters. The second-order valence-corrected chi connectivity index (χ2v) is 11.9. The largest absolute Gasteiger partial charge is 0.337 e. The molecule has 216 valence electrons. The fourth-order valence-electron chi connectivity index (χ4n) is 6.41. The van der Waals surface area contributed by atoms with E-state index in [1.807, 2.05) is 24.5 Å². The van der Waals surface area contributed by atoms with Gasteiger partial charge in [0, 0.05) is 37.1 Å². The molecule has 0 radical (unpaired) electrons. The van der Waals surface area contributed by atoms with Crippen molar-refractivity contribution in [1.82, 2.24) is 9.47 Å². The molecular formula is C40H40N2O. The molecule has 0 saturated carbocycles. The van der Waals surface area contributed by atoms with Gasteiger partial charge in [0.1, 0.15) is 0 Å². The fraction of sp³-hybridized carbons (Fsp3) is 0.225. The number of nitrogens with zero attached hydrogens (tertiary/aromatic N) is 2. The number of hydrogen-bond donors (Lipinski definition) is 0. The highest BCUT2D eigenvalue weighted by molar-refractivity contribution is 5.90. The molecule has 6 rings (SSSR count). The first-order valence-electron chi connectivity index (χ1n) is 15.5. The minimum absolute atomic E-state index is 0.0431. The Morgan fingerprint density at radius 3 is 2.14 bits per heavy atom. The van der Waals surface area contributed by atoms with Crippen molar-refractivity contribution >= 4 is 17.2 Å². The zero-order valence-corrected chi connectivity index (χ0v) is 25.1. The Bertz CT molecular complexity index is 1600. The van der Waals surface area contributed by atoms with Crippen LogP contribution in [0.2, 0.25) is 0 Å². The van der Waals surface area contributed by atoms with Gasteiger partial charge in [-0.1, -0.05) is 129 Å². The van der Waals surface area contributed by atoms with E-state index in [1.165, 1.54) is 27.8 Å². The Morgan fingerprint density at radius 2 is 1.49 bits per heavy atom. The molecule has 4 aromatic rings. The van der Waals surface area contributed by atoms with Crippen molar-refractivity contribution in [3.05, 3.63) is 168 Å². The molecule has 3 nitrogen and oxygen atoms in total. The van der Waals surface area contributed by atoms with Crippen LogP contribution >= 0.6 is 0 Å². The van der Waals surface area contributed by atoms with E-state index in [0.29, 0.717) is 19.0 Å². The van der Waals surface area contributed by atoms with Gasteiger partial charge in [-0.2, -0.15) is 0 Å². The van der Waals surface area contributed by atoms with Crippen molar-refractivity contribution in [2.24, 2.45) is 17.8 Å². The van der Waals surface area contributed by atoms with Crippen LogP contribution in [0.4, 0.5) is 0 Å². The zero-order chi connectivity index (χ0) is 29.6. The molecule has 0 saturated heterocycles. The molecule has 43 heavy (non-hydrogen) atoms. The van der Waals surface area contributed by atoms with Gasteiger partial charge in [-0.15, -0.1) is 0 Å². The molecule has 2 aliphatic carbocycles.